The Morgan fingerprint density at radius 3 is 2.77 bits per heavy atom. The number of phenolic OH excluding ortho intramolecular Hbond substituents is 1. The number of aliphatic hydroxyl groups is 1. The van der Waals surface area contributed by atoms with Crippen molar-refractivity contribution in [3.63, 3.8) is 0 Å². The van der Waals surface area contributed by atoms with Crippen LogP contribution in [0.15, 0.2) is 12.1 Å². The zero-order chi connectivity index (χ0) is 15.5. The third-order valence-corrected chi connectivity index (χ3v) is 6.97. The van der Waals surface area contributed by atoms with Crippen molar-refractivity contribution in [2.75, 3.05) is 7.11 Å². The van der Waals surface area contributed by atoms with Gasteiger partial charge in [0.15, 0.2) is 11.5 Å². The second-order valence-electron chi connectivity index (χ2n) is 7.78. The molecule has 3 heteroatoms. The van der Waals surface area contributed by atoms with Crippen LogP contribution in [0.1, 0.15) is 56.1 Å². The molecule has 0 bridgehead atoms. The third-order valence-electron chi connectivity index (χ3n) is 6.97. The van der Waals surface area contributed by atoms with E-state index in [1.54, 1.807) is 7.11 Å². The molecule has 22 heavy (non-hydrogen) atoms. The molecule has 0 radical (unpaired) electrons. The van der Waals surface area contributed by atoms with Crippen molar-refractivity contribution < 1.29 is 14.9 Å². The van der Waals surface area contributed by atoms with Gasteiger partial charge in [-0.25, -0.2) is 0 Å². The summed E-state index contributed by atoms with van der Waals surface area (Å²) in [5.41, 5.74) is 2.80. The highest BCUT2D eigenvalue weighted by Gasteiger charge is 2.54. The van der Waals surface area contributed by atoms with Gasteiger partial charge in [0.2, 0.25) is 0 Å². The largest absolute Gasteiger partial charge is 0.504 e. The summed E-state index contributed by atoms with van der Waals surface area (Å²) in [6, 6.07) is 3.97. The van der Waals surface area contributed by atoms with Crippen molar-refractivity contribution in [2.45, 2.75) is 57.5 Å². The second kappa shape index (κ2) is 4.89. The summed E-state index contributed by atoms with van der Waals surface area (Å²) in [4.78, 5) is 0. The van der Waals surface area contributed by atoms with Gasteiger partial charge in [0.1, 0.15) is 0 Å². The molecule has 2 N–H and O–H groups in total. The van der Waals surface area contributed by atoms with Crippen LogP contribution in [0.25, 0.3) is 0 Å². The summed E-state index contributed by atoms with van der Waals surface area (Å²) >= 11 is 0. The molecule has 4 rings (SSSR count). The van der Waals surface area contributed by atoms with Crippen LogP contribution in [0.3, 0.4) is 0 Å². The number of phenols is 1. The molecular weight excluding hydrogens is 276 g/mol. The van der Waals surface area contributed by atoms with E-state index in [2.05, 4.69) is 6.92 Å². The lowest BCUT2D eigenvalue weighted by atomic mass is 9.55. The number of fused-ring (bicyclic) bond motifs is 5. The molecule has 0 amide bonds. The van der Waals surface area contributed by atoms with Gasteiger partial charge in [-0.3, -0.25) is 0 Å². The first-order valence-corrected chi connectivity index (χ1v) is 8.62. The summed E-state index contributed by atoms with van der Waals surface area (Å²) in [7, 11) is 1.61. The molecule has 3 unspecified atom stereocenters. The molecule has 1 aromatic rings. The number of benzene rings is 1. The molecule has 0 spiro atoms. The van der Waals surface area contributed by atoms with Gasteiger partial charge >= 0.3 is 0 Å². The monoisotopic (exact) mass is 302 g/mol. The molecule has 0 heterocycles. The van der Waals surface area contributed by atoms with E-state index in [4.69, 9.17) is 4.74 Å². The van der Waals surface area contributed by atoms with Crippen molar-refractivity contribution in [3.05, 3.63) is 23.3 Å². The van der Waals surface area contributed by atoms with Gasteiger partial charge in [0.25, 0.3) is 0 Å². The lowest BCUT2D eigenvalue weighted by Crippen LogP contribution is -2.43. The molecular formula is C19H26O3. The Morgan fingerprint density at radius 2 is 2.00 bits per heavy atom. The SMILES string of the molecule is COc1cc2c(cc1O)C1CC[C@@]3(C)C(CC[C@@H]3O)C1CC2. The van der Waals surface area contributed by atoms with Gasteiger partial charge < -0.3 is 14.9 Å². The van der Waals surface area contributed by atoms with Crippen LogP contribution in [0.5, 0.6) is 11.5 Å². The van der Waals surface area contributed by atoms with E-state index in [-0.39, 0.29) is 17.3 Å². The highest BCUT2D eigenvalue weighted by atomic mass is 16.5. The van der Waals surface area contributed by atoms with E-state index in [0.717, 1.165) is 32.1 Å². The van der Waals surface area contributed by atoms with E-state index in [1.807, 2.05) is 12.1 Å². The molecule has 0 aromatic heterocycles. The minimum Gasteiger partial charge on any atom is -0.504 e. The molecule has 3 aliphatic rings. The highest BCUT2D eigenvalue weighted by Crippen LogP contribution is 2.61. The van der Waals surface area contributed by atoms with Gasteiger partial charge in [-0.2, -0.15) is 0 Å². The first-order chi connectivity index (χ1) is 10.5. The average molecular weight is 302 g/mol. The van der Waals surface area contributed by atoms with Gasteiger partial charge in [0, 0.05) is 0 Å². The highest BCUT2D eigenvalue weighted by molar-refractivity contribution is 5.49. The van der Waals surface area contributed by atoms with Crippen molar-refractivity contribution >= 4 is 0 Å². The Kier molecular flexibility index (Phi) is 3.19. The number of hydrogen-bond acceptors (Lipinski definition) is 3. The number of aryl methyl sites for hydroxylation is 1. The number of methoxy groups -OCH3 is 1. The number of ether oxygens (including phenoxy) is 1. The van der Waals surface area contributed by atoms with E-state index < -0.39 is 0 Å². The molecule has 3 nitrogen and oxygen atoms in total. The average Bonchev–Trinajstić information content (AvgIpc) is 2.82. The lowest BCUT2D eigenvalue weighted by molar-refractivity contribution is -0.0226. The van der Waals surface area contributed by atoms with Gasteiger partial charge in [-0.1, -0.05) is 6.92 Å². The van der Waals surface area contributed by atoms with E-state index in [9.17, 15) is 10.2 Å². The standard InChI is InChI=1S/C19H26O3/c1-19-8-7-12-13(15(19)5-6-18(19)21)4-3-11-9-17(22-2)16(20)10-14(11)12/h9-10,12-13,15,18,20-21H,3-8H2,1-2H3/t12?,13?,15?,18-,19-/m0/s1. The summed E-state index contributed by atoms with van der Waals surface area (Å²) in [6.45, 7) is 2.30. The first-order valence-electron chi connectivity index (χ1n) is 8.62. The maximum atomic E-state index is 10.4. The Morgan fingerprint density at radius 1 is 1.18 bits per heavy atom. The molecule has 1 aromatic carbocycles. The molecule has 0 saturated heterocycles. The van der Waals surface area contributed by atoms with Gasteiger partial charge in [0.05, 0.1) is 13.2 Å². The Labute approximate surface area is 132 Å². The van der Waals surface area contributed by atoms with E-state index in [0.29, 0.717) is 23.5 Å². The number of rotatable bonds is 1. The molecule has 3 aliphatic carbocycles. The van der Waals surface area contributed by atoms with Gasteiger partial charge in [-0.15, -0.1) is 0 Å². The smallest absolute Gasteiger partial charge is 0.160 e. The number of aliphatic hydroxyl groups excluding tert-OH is 1. The Hall–Kier alpha value is -1.22. The van der Waals surface area contributed by atoms with Crippen LogP contribution in [-0.2, 0) is 6.42 Å². The fourth-order valence-electron chi connectivity index (χ4n) is 5.72. The maximum absolute atomic E-state index is 10.4. The fourth-order valence-corrected chi connectivity index (χ4v) is 5.72. The molecule has 2 saturated carbocycles. The van der Waals surface area contributed by atoms with Crippen LogP contribution in [0.2, 0.25) is 0 Å². The van der Waals surface area contributed by atoms with Crippen molar-refractivity contribution in [1.29, 1.82) is 0 Å². The predicted octanol–water partition coefficient (Wildman–Crippen LogP) is 3.62. The zero-order valence-corrected chi connectivity index (χ0v) is 13.5. The molecule has 2 fully saturated rings. The Balaban J connectivity index is 1.71. The predicted molar refractivity (Wildman–Crippen MR) is 85.3 cm³/mol. The minimum atomic E-state index is -0.121. The lowest BCUT2D eigenvalue weighted by Gasteiger charge is -2.50. The number of hydrogen-bond donors (Lipinski definition) is 2. The van der Waals surface area contributed by atoms with Crippen LogP contribution in [0.4, 0.5) is 0 Å². The summed E-state index contributed by atoms with van der Waals surface area (Å²) in [5.74, 6) is 2.70. The van der Waals surface area contributed by atoms with E-state index in [1.165, 1.54) is 17.5 Å². The quantitative estimate of drug-likeness (QED) is 0.833. The topological polar surface area (TPSA) is 49.7 Å². The molecule has 5 atom stereocenters. The van der Waals surface area contributed by atoms with Crippen molar-refractivity contribution in [3.8, 4) is 11.5 Å². The van der Waals surface area contributed by atoms with Crippen molar-refractivity contribution in [1.82, 2.24) is 0 Å². The minimum absolute atomic E-state index is 0.118. The number of aromatic hydroxyl groups is 1. The Bertz CT molecular complexity index is 597. The van der Waals surface area contributed by atoms with Gasteiger partial charge in [-0.05, 0) is 85.0 Å². The van der Waals surface area contributed by atoms with Crippen LogP contribution in [0, 0.1) is 17.3 Å². The molecule has 0 aliphatic heterocycles. The fraction of sp³-hybridized carbons (Fsp3) is 0.684. The summed E-state index contributed by atoms with van der Waals surface area (Å²) in [6.07, 6.45) is 6.51. The van der Waals surface area contributed by atoms with Crippen LogP contribution < -0.4 is 4.74 Å². The summed E-state index contributed by atoms with van der Waals surface area (Å²) in [5, 5.41) is 20.6. The second-order valence-corrected chi connectivity index (χ2v) is 7.78. The summed E-state index contributed by atoms with van der Waals surface area (Å²) < 4.78 is 5.26. The van der Waals surface area contributed by atoms with E-state index >= 15 is 0 Å². The van der Waals surface area contributed by atoms with Crippen molar-refractivity contribution in [2.24, 2.45) is 17.3 Å². The third kappa shape index (κ3) is 1.84. The normalized spacial score (nSPS) is 39.8. The zero-order valence-electron chi connectivity index (χ0n) is 13.5. The van der Waals surface area contributed by atoms with Crippen LogP contribution >= 0.6 is 0 Å². The first kappa shape index (κ1) is 14.4. The van der Waals surface area contributed by atoms with Crippen LogP contribution in [-0.4, -0.2) is 23.4 Å². The molecule has 120 valence electrons. The maximum Gasteiger partial charge on any atom is 0.160 e.